The van der Waals surface area contributed by atoms with Crippen molar-refractivity contribution in [2.24, 2.45) is 5.41 Å². The van der Waals surface area contributed by atoms with E-state index in [2.05, 4.69) is 17.6 Å². The van der Waals surface area contributed by atoms with Gasteiger partial charge in [0.05, 0.1) is 12.0 Å². The van der Waals surface area contributed by atoms with Gasteiger partial charge >= 0.3 is 0 Å². The van der Waals surface area contributed by atoms with Gasteiger partial charge in [0, 0.05) is 19.8 Å². The molecule has 5 nitrogen and oxygen atoms in total. The van der Waals surface area contributed by atoms with E-state index in [0.717, 1.165) is 25.9 Å². The van der Waals surface area contributed by atoms with Crippen molar-refractivity contribution < 1.29 is 14.3 Å². The predicted octanol–water partition coefficient (Wildman–Crippen LogP) is 0.891. The van der Waals surface area contributed by atoms with Crippen molar-refractivity contribution in [3.8, 4) is 0 Å². The van der Waals surface area contributed by atoms with E-state index >= 15 is 0 Å². The second kappa shape index (κ2) is 7.71. The summed E-state index contributed by atoms with van der Waals surface area (Å²) >= 11 is 0. The third kappa shape index (κ3) is 3.93. The van der Waals surface area contributed by atoms with Crippen molar-refractivity contribution in [2.45, 2.75) is 39.9 Å². The molecule has 0 aliphatic carbocycles. The van der Waals surface area contributed by atoms with Crippen LogP contribution in [0.1, 0.15) is 33.6 Å². The molecule has 5 heteroatoms. The fraction of sp³-hybridized carbons (Fsp3) is 0.923. The van der Waals surface area contributed by atoms with E-state index in [4.69, 9.17) is 9.47 Å². The summed E-state index contributed by atoms with van der Waals surface area (Å²) in [6.07, 6.45) is 1.43. The van der Waals surface area contributed by atoms with Gasteiger partial charge in [-0.15, -0.1) is 0 Å². The average molecular weight is 258 g/mol. The molecule has 2 N–H and O–H groups in total. The number of hydrogen-bond donors (Lipinski definition) is 2. The van der Waals surface area contributed by atoms with E-state index in [1.54, 1.807) is 0 Å². The van der Waals surface area contributed by atoms with Gasteiger partial charge in [0.25, 0.3) is 0 Å². The van der Waals surface area contributed by atoms with Crippen molar-refractivity contribution in [1.82, 2.24) is 10.6 Å². The molecule has 1 rings (SSSR count). The number of carbonyl (C=O) groups is 1. The van der Waals surface area contributed by atoms with Crippen LogP contribution in [-0.2, 0) is 14.3 Å². The van der Waals surface area contributed by atoms with E-state index in [1.807, 2.05) is 13.8 Å². The number of amides is 1. The minimum atomic E-state index is -0.341. The minimum Gasteiger partial charge on any atom is -0.351 e. The maximum Gasteiger partial charge on any atom is 0.227 e. The second-order valence-corrected chi connectivity index (χ2v) is 4.61. The van der Waals surface area contributed by atoms with Crippen molar-refractivity contribution in [2.75, 3.05) is 32.8 Å². The fourth-order valence-corrected chi connectivity index (χ4v) is 2.30. The van der Waals surface area contributed by atoms with E-state index in [-0.39, 0.29) is 17.6 Å². The van der Waals surface area contributed by atoms with Crippen LogP contribution in [0.4, 0.5) is 0 Å². The third-order valence-electron chi connectivity index (χ3n) is 3.54. The summed E-state index contributed by atoms with van der Waals surface area (Å²) in [5, 5.41) is 6.22. The highest BCUT2D eigenvalue weighted by Gasteiger charge is 2.39. The Morgan fingerprint density at radius 1 is 1.33 bits per heavy atom. The van der Waals surface area contributed by atoms with E-state index in [0.29, 0.717) is 19.8 Å². The van der Waals surface area contributed by atoms with Crippen LogP contribution in [0.2, 0.25) is 0 Å². The molecule has 0 aromatic rings. The number of rotatable bonds is 8. The number of hydrogen-bond acceptors (Lipinski definition) is 4. The van der Waals surface area contributed by atoms with Crippen LogP contribution in [0, 0.1) is 5.41 Å². The summed E-state index contributed by atoms with van der Waals surface area (Å²) in [4.78, 5) is 12.2. The summed E-state index contributed by atoms with van der Waals surface area (Å²) in [7, 11) is 0. The number of nitrogens with one attached hydrogen (secondary N) is 2. The molecule has 1 saturated heterocycles. The molecular weight excluding hydrogens is 232 g/mol. The highest BCUT2D eigenvalue weighted by Crippen LogP contribution is 2.29. The Labute approximate surface area is 110 Å². The Bertz CT molecular complexity index is 247. The summed E-state index contributed by atoms with van der Waals surface area (Å²) < 4.78 is 10.8. The monoisotopic (exact) mass is 258 g/mol. The lowest BCUT2D eigenvalue weighted by Gasteiger charge is -2.26. The smallest absolute Gasteiger partial charge is 0.227 e. The van der Waals surface area contributed by atoms with Gasteiger partial charge in [-0.1, -0.05) is 6.92 Å². The van der Waals surface area contributed by atoms with E-state index < -0.39 is 0 Å². The van der Waals surface area contributed by atoms with Crippen LogP contribution >= 0.6 is 0 Å². The Morgan fingerprint density at radius 3 is 2.44 bits per heavy atom. The maximum absolute atomic E-state index is 12.2. The lowest BCUT2D eigenvalue weighted by Crippen LogP contribution is -2.45. The minimum absolute atomic E-state index is 0.111. The molecule has 0 saturated carbocycles. The molecule has 1 aliphatic rings. The zero-order valence-electron chi connectivity index (χ0n) is 11.8. The second-order valence-electron chi connectivity index (χ2n) is 4.61. The molecule has 0 aromatic carbocycles. The molecule has 1 fully saturated rings. The molecule has 1 heterocycles. The topological polar surface area (TPSA) is 59.6 Å². The highest BCUT2D eigenvalue weighted by atomic mass is 16.7. The van der Waals surface area contributed by atoms with Crippen LogP contribution < -0.4 is 10.6 Å². The Kier molecular flexibility index (Phi) is 6.60. The summed E-state index contributed by atoms with van der Waals surface area (Å²) in [6, 6.07) is 0. The van der Waals surface area contributed by atoms with Crippen molar-refractivity contribution >= 4 is 5.91 Å². The van der Waals surface area contributed by atoms with E-state index in [1.165, 1.54) is 0 Å². The molecule has 0 radical (unpaired) electrons. The predicted molar refractivity (Wildman–Crippen MR) is 70.3 cm³/mol. The fourth-order valence-electron chi connectivity index (χ4n) is 2.30. The normalized spacial score (nSPS) is 23.6. The standard InChI is InChI=1S/C13H26N2O3/c1-4-13(7-8-14-10-13)12(16)15-9-11(17-5-2)18-6-3/h11,14H,4-10H2,1-3H3,(H,15,16). The zero-order valence-corrected chi connectivity index (χ0v) is 11.8. The third-order valence-corrected chi connectivity index (χ3v) is 3.54. The summed E-state index contributed by atoms with van der Waals surface area (Å²) in [6.45, 7) is 9.18. The van der Waals surface area contributed by atoms with Crippen LogP contribution in [-0.4, -0.2) is 45.0 Å². The van der Waals surface area contributed by atoms with Gasteiger partial charge in [0.1, 0.15) is 0 Å². The number of ether oxygens (including phenoxy) is 2. The number of carbonyl (C=O) groups excluding carboxylic acids is 1. The molecule has 0 aromatic heterocycles. The molecule has 106 valence electrons. The van der Waals surface area contributed by atoms with Crippen molar-refractivity contribution in [3.05, 3.63) is 0 Å². The van der Waals surface area contributed by atoms with Crippen LogP contribution in [0.3, 0.4) is 0 Å². The van der Waals surface area contributed by atoms with Crippen LogP contribution in [0.25, 0.3) is 0 Å². The SMILES string of the molecule is CCOC(CNC(=O)C1(CC)CCNC1)OCC. The molecule has 1 aliphatic heterocycles. The van der Waals surface area contributed by atoms with Gasteiger partial charge < -0.3 is 20.1 Å². The zero-order chi connectivity index (χ0) is 13.4. The largest absolute Gasteiger partial charge is 0.351 e. The molecule has 18 heavy (non-hydrogen) atoms. The molecule has 0 spiro atoms. The van der Waals surface area contributed by atoms with E-state index in [9.17, 15) is 4.79 Å². The van der Waals surface area contributed by atoms with Gasteiger partial charge in [0.2, 0.25) is 5.91 Å². The highest BCUT2D eigenvalue weighted by molar-refractivity contribution is 5.83. The lowest BCUT2D eigenvalue weighted by atomic mass is 9.83. The first-order chi connectivity index (χ1) is 8.68. The average Bonchev–Trinajstić information content (AvgIpc) is 2.86. The molecule has 1 atom stereocenters. The van der Waals surface area contributed by atoms with Crippen LogP contribution in [0.15, 0.2) is 0 Å². The van der Waals surface area contributed by atoms with Crippen molar-refractivity contribution in [1.29, 1.82) is 0 Å². The first-order valence-corrected chi connectivity index (χ1v) is 6.90. The van der Waals surface area contributed by atoms with Crippen LogP contribution in [0.5, 0.6) is 0 Å². The summed E-state index contributed by atoms with van der Waals surface area (Å²) in [5.74, 6) is 0.111. The van der Waals surface area contributed by atoms with Gasteiger partial charge in [-0.3, -0.25) is 4.79 Å². The first kappa shape index (κ1) is 15.4. The van der Waals surface area contributed by atoms with Gasteiger partial charge in [0.15, 0.2) is 6.29 Å². The molecular formula is C13H26N2O3. The molecule has 1 unspecified atom stereocenters. The lowest BCUT2D eigenvalue weighted by molar-refractivity contribution is -0.144. The Morgan fingerprint density at radius 2 is 2.00 bits per heavy atom. The Hall–Kier alpha value is -0.650. The van der Waals surface area contributed by atoms with Gasteiger partial charge in [-0.05, 0) is 33.2 Å². The van der Waals surface area contributed by atoms with Crippen molar-refractivity contribution in [3.63, 3.8) is 0 Å². The Balaban J connectivity index is 2.42. The first-order valence-electron chi connectivity index (χ1n) is 6.90. The maximum atomic E-state index is 12.2. The quantitative estimate of drug-likeness (QED) is 0.635. The summed E-state index contributed by atoms with van der Waals surface area (Å²) in [5.41, 5.74) is -0.247. The molecule has 0 bridgehead atoms. The van der Waals surface area contributed by atoms with Gasteiger partial charge in [-0.25, -0.2) is 0 Å². The molecule has 1 amide bonds. The van der Waals surface area contributed by atoms with Gasteiger partial charge in [-0.2, -0.15) is 0 Å².